The molecule has 0 fully saturated rings. The van der Waals surface area contributed by atoms with E-state index >= 15 is 0 Å². The first kappa shape index (κ1) is 17.5. The summed E-state index contributed by atoms with van der Waals surface area (Å²) in [6, 6.07) is 16.4. The molecule has 1 heterocycles. The number of rotatable bonds is 6. The van der Waals surface area contributed by atoms with E-state index in [4.69, 9.17) is 4.74 Å². The summed E-state index contributed by atoms with van der Waals surface area (Å²) in [5, 5.41) is 3.07. The fourth-order valence-electron chi connectivity index (χ4n) is 3.28. The molecule has 0 aromatic heterocycles. The van der Waals surface area contributed by atoms with Crippen molar-refractivity contribution in [3.8, 4) is 5.75 Å². The predicted molar refractivity (Wildman–Crippen MR) is 99.7 cm³/mol. The fraction of sp³-hybridized carbons (Fsp3) is 0.381. The van der Waals surface area contributed by atoms with Gasteiger partial charge < -0.3 is 10.1 Å². The summed E-state index contributed by atoms with van der Waals surface area (Å²) in [4.78, 5) is 14.7. The summed E-state index contributed by atoms with van der Waals surface area (Å²) in [6.07, 6.45) is 1.84. The van der Waals surface area contributed by atoms with Crippen molar-refractivity contribution in [1.82, 2.24) is 10.2 Å². The topological polar surface area (TPSA) is 41.6 Å². The van der Waals surface area contributed by atoms with Gasteiger partial charge in [0, 0.05) is 19.6 Å². The van der Waals surface area contributed by atoms with Gasteiger partial charge in [0.05, 0.1) is 13.2 Å². The second kappa shape index (κ2) is 8.17. The third-order valence-corrected chi connectivity index (χ3v) is 4.96. The Morgan fingerprint density at radius 1 is 1.16 bits per heavy atom. The van der Waals surface area contributed by atoms with E-state index in [2.05, 4.69) is 34.5 Å². The molecule has 25 heavy (non-hydrogen) atoms. The second-order valence-electron chi connectivity index (χ2n) is 6.55. The van der Waals surface area contributed by atoms with Crippen LogP contribution in [0.4, 0.5) is 0 Å². The molecular formula is C21H26N2O2. The molecule has 0 unspecified atom stereocenters. The first-order valence-corrected chi connectivity index (χ1v) is 8.89. The highest BCUT2D eigenvalue weighted by Crippen LogP contribution is 2.20. The second-order valence-corrected chi connectivity index (χ2v) is 6.55. The van der Waals surface area contributed by atoms with E-state index in [1.807, 2.05) is 31.2 Å². The molecule has 0 aliphatic carbocycles. The van der Waals surface area contributed by atoms with Crippen molar-refractivity contribution in [1.29, 1.82) is 0 Å². The van der Waals surface area contributed by atoms with Crippen LogP contribution in [0.2, 0.25) is 0 Å². The molecule has 1 atom stereocenters. The molecule has 0 bridgehead atoms. The van der Waals surface area contributed by atoms with E-state index < -0.39 is 0 Å². The lowest BCUT2D eigenvalue weighted by Gasteiger charge is -2.32. The van der Waals surface area contributed by atoms with Crippen LogP contribution >= 0.6 is 0 Å². The van der Waals surface area contributed by atoms with Crippen LogP contribution in [0.5, 0.6) is 5.75 Å². The summed E-state index contributed by atoms with van der Waals surface area (Å²) < 4.78 is 5.16. The SMILES string of the molecule is COc1ccc(CCNC(=O)[C@@H](C)N2CCc3ccccc3C2)cc1. The van der Waals surface area contributed by atoms with Crippen LogP contribution in [0.15, 0.2) is 48.5 Å². The highest BCUT2D eigenvalue weighted by molar-refractivity contribution is 5.81. The van der Waals surface area contributed by atoms with Crippen LogP contribution in [0.25, 0.3) is 0 Å². The van der Waals surface area contributed by atoms with E-state index in [1.165, 1.54) is 16.7 Å². The Kier molecular flexibility index (Phi) is 5.71. The van der Waals surface area contributed by atoms with Gasteiger partial charge in [0.1, 0.15) is 5.75 Å². The van der Waals surface area contributed by atoms with Crippen molar-refractivity contribution in [2.24, 2.45) is 0 Å². The molecule has 0 radical (unpaired) electrons. The summed E-state index contributed by atoms with van der Waals surface area (Å²) in [5.41, 5.74) is 3.94. The number of nitrogens with one attached hydrogen (secondary N) is 1. The molecule has 4 heteroatoms. The van der Waals surface area contributed by atoms with E-state index in [9.17, 15) is 4.79 Å². The summed E-state index contributed by atoms with van der Waals surface area (Å²) >= 11 is 0. The fourth-order valence-corrected chi connectivity index (χ4v) is 3.28. The van der Waals surface area contributed by atoms with Gasteiger partial charge in [-0.3, -0.25) is 9.69 Å². The first-order valence-electron chi connectivity index (χ1n) is 8.89. The van der Waals surface area contributed by atoms with Gasteiger partial charge in [-0.1, -0.05) is 36.4 Å². The molecule has 1 amide bonds. The van der Waals surface area contributed by atoms with Crippen molar-refractivity contribution in [2.45, 2.75) is 32.4 Å². The number of ether oxygens (including phenoxy) is 1. The minimum absolute atomic E-state index is 0.105. The normalized spacial score (nSPS) is 15.3. The Morgan fingerprint density at radius 3 is 2.60 bits per heavy atom. The van der Waals surface area contributed by atoms with Gasteiger partial charge in [0.25, 0.3) is 0 Å². The van der Waals surface area contributed by atoms with Crippen molar-refractivity contribution < 1.29 is 9.53 Å². The Labute approximate surface area is 149 Å². The van der Waals surface area contributed by atoms with Gasteiger partial charge in [-0.25, -0.2) is 0 Å². The maximum Gasteiger partial charge on any atom is 0.237 e. The van der Waals surface area contributed by atoms with Crippen LogP contribution in [-0.4, -0.2) is 37.0 Å². The minimum atomic E-state index is -0.107. The zero-order valence-corrected chi connectivity index (χ0v) is 15.0. The van der Waals surface area contributed by atoms with Gasteiger partial charge >= 0.3 is 0 Å². The van der Waals surface area contributed by atoms with Gasteiger partial charge in [0.15, 0.2) is 0 Å². The molecule has 132 valence electrons. The summed E-state index contributed by atoms with van der Waals surface area (Å²) in [5.74, 6) is 0.958. The number of nitrogens with zero attached hydrogens (tertiary/aromatic N) is 1. The van der Waals surface area contributed by atoms with Crippen molar-refractivity contribution in [3.63, 3.8) is 0 Å². The van der Waals surface area contributed by atoms with Crippen LogP contribution in [0.3, 0.4) is 0 Å². The monoisotopic (exact) mass is 338 g/mol. The van der Waals surface area contributed by atoms with E-state index in [-0.39, 0.29) is 11.9 Å². The average molecular weight is 338 g/mol. The smallest absolute Gasteiger partial charge is 0.237 e. The Bertz CT molecular complexity index is 712. The maximum absolute atomic E-state index is 12.5. The van der Waals surface area contributed by atoms with Crippen LogP contribution in [0.1, 0.15) is 23.6 Å². The number of methoxy groups -OCH3 is 1. The Morgan fingerprint density at radius 2 is 1.88 bits per heavy atom. The predicted octanol–water partition coefficient (Wildman–Crippen LogP) is 2.80. The summed E-state index contributed by atoms with van der Waals surface area (Å²) in [6.45, 7) is 4.43. The molecule has 3 rings (SSSR count). The highest BCUT2D eigenvalue weighted by Gasteiger charge is 2.24. The molecule has 2 aromatic rings. The highest BCUT2D eigenvalue weighted by atomic mass is 16.5. The molecule has 1 N–H and O–H groups in total. The van der Waals surface area contributed by atoms with Gasteiger partial charge in [-0.05, 0) is 48.6 Å². The van der Waals surface area contributed by atoms with Gasteiger partial charge in [-0.2, -0.15) is 0 Å². The molecule has 1 aliphatic rings. The Hall–Kier alpha value is -2.33. The largest absolute Gasteiger partial charge is 0.497 e. The molecule has 0 saturated carbocycles. The zero-order valence-electron chi connectivity index (χ0n) is 15.0. The third kappa shape index (κ3) is 4.40. The standard InChI is InChI=1S/C21H26N2O2/c1-16(23-14-12-18-5-3-4-6-19(18)15-23)21(24)22-13-11-17-7-9-20(25-2)10-8-17/h3-10,16H,11-15H2,1-2H3,(H,22,24)/t16-/m1/s1. The number of hydrogen-bond acceptors (Lipinski definition) is 3. The lowest BCUT2D eigenvalue weighted by atomic mass is 9.99. The minimum Gasteiger partial charge on any atom is -0.497 e. The number of carbonyl (C=O) groups is 1. The number of hydrogen-bond donors (Lipinski definition) is 1. The quantitative estimate of drug-likeness (QED) is 0.881. The van der Waals surface area contributed by atoms with Crippen LogP contribution in [0, 0.1) is 0 Å². The van der Waals surface area contributed by atoms with Crippen molar-refractivity contribution in [3.05, 3.63) is 65.2 Å². The van der Waals surface area contributed by atoms with Gasteiger partial charge in [0.2, 0.25) is 5.91 Å². The maximum atomic E-state index is 12.5. The molecule has 2 aromatic carbocycles. The lowest BCUT2D eigenvalue weighted by molar-refractivity contribution is -0.126. The van der Waals surface area contributed by atoms with Crippen LogP contribution in [-0.2, 0) is 24.2 Å². The summed E-state index contributed by atoms with van der Waals surface area (Å²) in [7, 11) is 1.66. The third-order valence-electron chi connectivity index (χ3n) is 4.96. The van der Waals surface area contributed by atoms with E-state index in [0.717, 1.165) is 31.7 Å². The number of amides is 1. The lowest BCUT2D eigenvalue weighted by Crippen LogP contribution is -2.47. The molecule has 0 spiro atoms. The molecule has 0 saturated heterocycles. The van der Waals surface area contributed by atoms with Crippen molar-refractivity contribution >= 4 is 5.91 Å². The number of carbonyl (C=O) groups excluding carboxylic acids is 1. The zero-order chi connectivity index (χ0) is 17.6. The molecule has 1 aliphatic heterocycles. The molecular weight excluding hydrogens is 312 g/mol. The first-order chi connectivity index (χ1) is 12.2. The average Bonchev–Trinajstić information content (AvgIpc) is 2.67. The van der Waals surface area contributed by atoms with Crippen LogP contribution < -0.4 is 10.1 Å². The van der Waals surface area contributed by atoms with Crippen molar-refractivity contribution in [2.75, 3.05) is 20.2 Å². The number of fused-ring (bicyclic) bond motifs is 1. The Balaban J connectivity index is 1.48. The number of benzene rings is 2. The molecule has 4 nitrogen and oxygen atoms in total. The van der Waals surface area contributed by atoms with Gasteiger partial charge in [-0.15, -0.1) is 0 Å². The van der Waals surface area contributed by atoms with E-state index in [1.54, 1.807) is 7.11 Å². The van der Waals surface area contributed by atoms with E-state index in [0.29, 0.717) is 6.54 Å².